The maximum absolute atomic E-state index is 5.89. The van der Waals surface area contributed by atoms with Crippen LogP contribution in [0, 0.1) is 11.8 Å². The van der Waals surface area contributed by atoms with E-state index in [4.69, 9.17) is 5.73 Å². The fourth-order valence-electron chi connectivity index (χ4n) is 2.45. The molecule has 106 valence electrons. The third-order valence-corrected chi connectivity index (χ3v) is 3.70. The van der Waals surface area contributed by atoms with Gasteiger partial charge in [0.15, 0.2) is 5.96 Å². The smallest absolute Gasteiger partial charge is 0.193 e. The van der Waals surface area contributed by atoms with Crippen molar-refractivity contribution in [2.24, 2.45) is 22.6 Å². The molecule has 0 unspecified atom stereocenters. The molecule has 0 aliphatic heterocycles. The third-order valence-electron chi connectivity index (χ3n) is 3.70. The molecule has 1 aromatic carbocycles. The molecule has 4 heteroatoms. The average molecular weight is 373 g/mol. The summed E-state index contributed by atoms with van der Waals surface area (Å²) in [5, 5.41) is 3.12. The Hall–Kier alpha value is -0.780. The first-order chi connectivity index (χ1) is 8.74. The Balaban J connectivity index is 0.00000180. The van der Waals surface area contributed by atoms with Gasteiger partial charge in [-0.2, -0.15) is 0 Å². The Morgan fingerprint density at radius 2 is 1.84 bits per heavy atom. The summed E-state index contributed by atoms with van der Waals surface area (Å²) in [6.07, 6.45) is 5.27. The van der Waals surface area contributed by atoms with Gasteiger partial charge < -0.3 is 11.1 Å². The normalized spacial score (nSPS) is 23.5. The molecule has 0 heterocycles. The van der Waals surface area contributed by atoms with Gasteiger partial charge in [-0.05, 0) is 36.8 Å². The Kier molecular flexibility index (Phi) is 7.20. The van der Waals surface area contributed by atoms with Crippen molar-refractivity contribution in [3.63, 3.8) is 0 Å². The molecule has 0 aromatic heterocycles. The molecule has 0 bridgehead atoms. The monoisotopic (exact) mass is 373 g/mol. The van der Waals surface area contributed by atoms with Gasteiger partial charge in [-0.25, -0.2) is 0 Å². The van der Waals surface area contributed by atoms with Crippen LogP contribution in [0.3, 0.4) is 0 Å². The summed E-state index contributed by atoms with van der Waals surface area (Å²) < 4.78 is 0. The van der Waals surface area contributed by atoms with Gasteiger partial charge in [0, 0.05) is 12.2 Å². The number of para-hydroxylation sites is 1. The molecule has 19 heavy (non-hydrogen) atoms. The van der Waals surface area contributed by atoms with Gasteiger partial charge in [-0.3, -0.25) is 4.99 Å². The van der Waals surface area contributed by atoms with Crippen molar-refractivity contribution in [3.05, 3.63) is 30.3 Å². The molecule has 0 saturated heterocycles. The zero-order valence-electron chi connectivity index (χ0n) is 11.5. The largest absolute Gasteiger partial charge is 0.370 e. The summed E-state index contributed by atoms with van der Waals surface area (Å²) in [4.78, 5) is 4.45. The minimum Gasteiger partial charge on any atom is -0.370 e. The van der Waals surface area contributed by atoms with Crippen molar-refractivity contribution < 1.29 is 0 Å². The van der Waals surface area contributed by atoms with Crippen molar-refractivity contribution in [2.75, 3.05) is 11.9 Å². The number of hydrogen-bond donors (Lipinski definition) is 2. The van der Waals surface area contributed by atoms with Crippen LogP contribution in [0.2, 0.25) is 0 Å². The van der Waals surface area contributed by atoms with Crippen LogP contribution in [-0.2, 0) is 0 Å². The van der Waals surface area contributed by atoms with Gasteiger partial charge in [0.2, 0.25) is 0 Å². The second-order valence-corrected chi connectivity index (χ2v) is 5.34. The number of nitrogens with one attached hydrogen (secondary N) is 1. The summed E-state index contributed by atoms with van der Waals surface area (Å²) in [5.41, 5.74) is 6.89. The SMILES string of the molecule is CC1CCC(CN=C(N)Nc2ccccc2)CC1.I. The minimum absolute atomic E-state index is 0. The summed E-state index contributed by atoms with van der Waals surface area (Å²) in [7, 11) is 0. The van der Waals surface area contributed by atoms with Gasteiger partial charge in [-0.15, -0.1) is 24.0 Å². The number of hydrogen-bond acceptors (Lipinski definition) is 1. The van der Waals surface area contributed by atoms with Gasteiger partial charge in [0.05, 0.1) is 0 Å². The van der Waals surface area contributed by atoms with Gasteiger partial charge >= 0.3 is 0 Å². The van der Waals surface area contributed by atoms with Crippen molar-refractivity contribution in [3.8, 4) is 0 Å². The lowest BCUT2D eigenvalue weighted by Crippen LogP contribution is -2.24. The fraction of sp³-hybridized carbons (Fsp3) is 0.533. The number of aliphatic imine (C=N–C) groups is 1. The highest BCUT2D eigenvalue weighted by Gasteiger charge is 2.17. The molecular weight excluding hydrogens is 349 g/mol. The fourth-order valence-corrected chi connectivity index (χ4v) is 2.45. The van der Waals surface area contributed by atoms with Crippen LogP contribution < -0.4 is 11.1 Å². The van der Waals surface area contributed by atoms with Gasteiger partial charge in [0.1, 0.15) is 0 Å². The summed E-state index contributed by atoms with van der Waals surface area (Å²) in [6, 6.07) is 9.94. The van der Waals surface area contributed by atoms with E-state index in [2.05, 4.69) is 17.2 Å². The van der Waals surface area contributed by atoms with E-state index >= 15 is 0 Å². The average Bonchev–Trinajstić information content (AvgIpc) is 2.39. The van der Waals surface area contributed by atoms with Gasteiger partial charge in [-0.1, -0.05) is 38.0 Å². The third kappa shape index (κ3) is 5.80. The van der Waals surface area contributed by atoms with E-state index in [1.165, 1.54) is 25.7 Å². The van der Waals surface area contributed by atoms with E-state index in [0.29, 0.717) is 5.96 Å². The molecule has 0 radical (unpaired) electrons. The van der Waals surface area contributed by atoms with E-state index in [0.717, 1.165) is 24.1 Å². The lowest BCUT2D eigenvalue weighted by molar-refractivity contribution is 0.296. The summed E-state index contributed by atoms with van der Waals surface area (Å²) >= 11 is 0. The highest BCUT2D eigenvalue weighted by molar-refractivity contribution is 14.0. The van der Waals surface area contributed by atoms with Crippen LogP contribution in [0.15, 0.2) is 35.3 Å². The lowest BCUT2D eigenvalue weighted by Gasteiger charge is -2.24. The molecular formula is C15H24IN3. The molecule has 1 saturated carbocycles. The Morgan fingerprint density at radius 1 is 1.21 bits per heavy atom. The van der Waals surface area contributed by atoms with Crippen molar-refractivity contribution >= 4 is 35.6 Å². The molecule has 1 aliphatic carbocycles. The molecule has 1 aliphatic rings. The lowest BCUT2D eigenvalue weighted by atomic mass is 9.83. The zero-order valence-corrected chi connectivity index (χ0v) is 13.8. The predicted molar refractivity (Wildman–Crippen MR) is 93.1 cm³/mol. The number of guanidine groups is 1. The topological polar surface area (TPSA) is 50.4 Å². The molecule has 3 nitrogen and oxygen atoms in total. The zero-order chi connectivity index (χ0) is 12.8. The first kappa shape index (κ1) is 16.3. The first-order valence-corrected chi connectivity index (χ1v) is 6.86. The first-order valence-electron chi connectivity index (χ1n) is 6.86. The molecule has 0 atom stereocenters. The second kappa shape index (κ2) is 8.40. The van der Waals surface area contributed by atoms with E-state index in [1.807, 2.05) is 30.3 Å². The quantitative estimate of drug-likeness (QED) is 0.480. The van der Waals surface area contributed by atoms with Gasteiger partial charge in [0.25, 0.3) is 0 Å². The molecule has 1 aromatic rings. The molecule has 3 N–H and O–H groups in total. The number of halogens is 1. The maximum atomic E-state index is 5.89. The molecule has 2 rings (SSSR count). The number of rotatable bonds is 3. The number of nitrogens with zero attached hydrogens (tertiary/aromatic N) is 1. The van der Waals surface area contributed by atoms with Crippen molar-refractivity contribution in [1.29, 1.82) is 0 Å². The maximum Gasteiger partial charge on any atom is 0.193 e. The Morgan fingerprint density at radius 3 is 2.47 bits per heavy atom. The summed E-state index contributed by atoms with van der Waals surface area (Å²) in [6.45, 7) is 3.20. The minimum atomic E-state index is 0. The number of nitrogens with two attached hydrogens (primary N) is 1. The van der Waals surface area contributed by atoms with Crippen LogP contribution >= 0.6 is 24.0 Å². The van der Waals surface area contributed by atoms with Crippen molar-refractivity contribution in [1.82, 2.24) is 0 Å². The standard InChI is InChI=1S/C15H23N3.HI/c1-12-7-9-13(10-8-12)11-17-15(16)18-14-5-3-2-4-6-14;/h2-6,12-13H,7-11H2,1H3,(H3,16,17,18);1H. The highest BCUT2D eigenvalue weighted by Crippen LogP contribution is 2.28. The Labute approximate surface area is 133 Å². The van der Waals surface area contributed by atoms with E-state index in [1.54, 1.807) is 0 Å². The summed E-state index contributed by atoms with van der Waals surface area (Å²) in [5.74, 6) is 2.14. The Bertz CT molecular complexity index is 384. The molecule has 1 fully saturated rings. The number of benzene rings is 1. The van der Waals surface area contributed by atoms with Crippen LogP contribution in [0.25, 0.3) is 0 Å². The molecule has 0 spiro atoms. The van der Waals surface area contributed by atoms with Crippen LogP contribution in [-0.4, -0.2) is 12.5 Å². The van der Waals surface area contributed by atoms with E-state index in [9.17, 15) is 0 Å². The van der Waals surface area contributed by atoms with Crippen LogP contribution in [0.1, 0.15) is 32.6 Å². The van der Waals surface area contributed by atoms with Crippen molar-refractivity contribution in [2.45, 2.75) is 32.6 Å². The predicted octanol–water partition coefficient (Wildman–Crippen LogP) is 3.86. The molecule has 0 amide bonds. The van der Waals surface area contributed by atoms with Crippen LogP contribution in [0.5, 0.6) is 0 Å². The number of anilines is 1. The van der Waals surface area contributed by atoms with E-state index < -0.39 is 0 Å². The highest BCUT2D eigenvalue weighted by atomic mass is 127. The second-order valence-electron chi connectivity index (χ2n) is 5.34. The van der Waals surface area contributed by atoms with E-state index in [-0.39, 0.29) is 24.0 Å². The van der Waals surface area contributed by atoms with Crippen LogP contribution in [0.4, 0.5) is 5.69 Å².